The van der Waals surface area contributed by atoms with E-state index in [2.05, 4.69) is 10.2 Å². The Hall–Kier alpha value is -2.41. The van der Waals surface area contributed by atoms with Crippen LogP contribution in [0.4, 0.5) is 4.39 Å². The number of piperidine rings is 1. The van der Waals surface area contributed by atoms with Crippen LogP contribution in [0, 0.1) is 5.82 Å². The van der Waals surface area contributed by atoms with Gasteiger partial charge in [0, 0.05) is 44.7 Å². The minimum atomic E-state index is -0.395. The Morgan fingerprint density at radius 3 is 2.72 bits per heavy atom. The van der Waals surface area contributed by atoms with Gasteiger partial charge < -0.3 is 14.6 Å². The summed E-state index contributed by atoms with van der Waals surface area (Å²) in [5, 5.41) is 3.61. The predicted octanol–water partition coefficient (Wildman–Crippen LogP) is 1.85. The van der Waals surface area contributed by atoms with Gasteiger partial charge in [-0.05, 0) is 25.0 Å². The molecule has 134 valence electrons. The van der Waals surface area contributed by atoms with Crippen molar-refractivity contribution in [3.05, 3.63) is 35.8 Å². The lowest BCUT2D eigenvalue weighted by Crippen LogP contribution is -2.47. The molecule has 2 aromatic rings. The average Bonchev–Trinajstić information content (AvgIpc) is 2.99. The molecule has 25 heavy (non-hydrogen) atoms. The Labute approximate surface area is 145 Å². The quantitative estimate of drug-likeness (QED) is 0.917. The fraction of sp³-hybridized carbons (Fsp3) is 0.444. The van der Waals surface area contributed by atoms with E-state index in [1.54, 1.807) is 25.1 Å². The minimum absolute atomic E-state index is 0.0589. The van der Waals surface area contributed by atoms with E-state index >= 15 is 0 Å². The number of rotatable bonds is 4. The summed E-state index contributed by atoms with van der Waals surface area (Å²) in [6, 6.07) is 4.20. The molecule has 1 saturated heterocycles. The Morgan fingerprint density at radius 2 is 2.04 bits per heavy atom. The van der Waals surface area contributed by atoms with Gasteiger partial charge in [0.2, 0.25) is 5.91 Å². The number of halogens is 1. The molecular formula is C18H22FN3O3. The van der Waals surface area contributed by atoms with Gasteiger partial charge in [0.15, 0.2) is 0 Å². The number of nitrogens with one attached hydrogen (secondary N) is 1. The van der Waals surface area contributed by atoms with Crippen LogP contribution in [0.2, 0.25) is 0 Å². The molecule has 1 aromatic carbocycles. The maximum Gasteiger partial charge on any atom is 0.255 e. The lowest BCUT2D eigenvalue weighted by Gasteiger charge is -2.32. The fourth-order valence-corrected chi connectivity index (χ4v) is 3.01. The van der Waals surface area contributed by atoms with Crippen LogP contribution in [0.25, 0.3) is 11.0 Å². The van der Waals surface area contributed by atoms with Crippen LogP contribution >= 0.6 is 0 Å². The first-order valence-corrected chi connectivity index (χ1v) is 8.34. The Morgan fingerprint density at radius 1 is 1.32 bits per heavy atom. The van der Waals surface area contributed by atoms with Crippen LogP contribution in [0.15, 0.2) is 28.9 Å². The summed E-state index contributed by atoms with van der Waals surface area (Å²) in [5.74, 6) is -0.527. The van der Waals surface area contributed by atoms with Crippen molar-refractivity contribution in [1.82, 2.24) is 15.1 Å². The number of amides is 2. The van der Waals surface area contributed by atoms with Gasteiger partial charge in [-0.3, -0.25) is 14.5 Å². The molecule has 6 nitrogen and oxygen atoms in total. The number of carbonyl (C=O) groups excluding carboxylic acids is 2. The Balaban J connectivity index is 1.56. The van der Waals surface area contributed by atoms with E-state index in [0.717, 1.165) is 25.9 Å². The second-order valence-electron chi connectivity index (χ2n) is 6.60. The van der Waals surface area contributed by atoms with Crippen molar-refractivity contribution in [1.29, 1.82) is 0 Å². The number of nitrogens with zero attached hydrogens (tertiary/aromatic N) is 2. The summed E-state index contributed by atoms with van der Waals surface area (Å²) < 4.78 is 18.5. The first-order chi connectivity index (χ1) is 11.9. The van der Waals surface area contributed by atoms with Gasteiger partial charge in [-0.25, -0.2) is 4.39 Å². The highest BCUT2D eigenvalue weighted by molar-refractivity contribution is 6.06. The molecule has 1 aromatic heterocycles. The van der Waals surface area contributed by atoms with Crippen molar-refractivity contribution in [2.75, 3.05) is 33.7 Å². The van der Waals surface area contributed by atoms with Gasteiger partial charge in [0.25, 0.3) is 5.91 Å². The number of likely N-dealkylation sites (N-methyl/N-ethyl adjacent to an activating group) is 1. The average molecular weight is 347 g/mol. The molecule has 1 N–H and O–H groups in total. The fourth-order valence-electron chi connectivity index (χ4n) is 3.01. The van der Waals surface area contributed by atoms with Gasteiger partial charge in [0.1, 0.15) is 17.7 Å². The summed E-state index contributed by atoms with van der Waals surface area (Å²) in [4.78, 5) is 27.9. The summed E-state index contributed by atoms with van der Waals surface area (Å²) in [5.41, 5.74) is 0.780. The maximum absolute atomic E-state index is 13.2. The third-order valence-electron chi connectivity index (χ3n) is 4.56. The third kappa shape index (κ3) is 3.99. The first kappa shape index (κ1) is 17.4. The number of fused-ring (bicyclic) bond motifs is 1. The lowest BCUT2D eigenvalue weighted by molar-refractivity contribution is -0.130. The Kier molecular flexibility index (Phi) is 5.03. The van der Waals surface area contributed by atoms with E-state index < -0.39 is 5.82 Å². The van der Waals surface area contributed by atoms with Crippen molar-refractivity contribution in [3.63, 3.8) is 0 Å². The zero-order valence-electron chi connectivity index (χ0n) is 14.4. The Bertz CT molecular complexity index is 779. The van der Waals surface area contributed by atoms with E-state index in [1.807, 2.05) is 0 Å². The molecule has 2 heterocycles. The second kappa shape index (κ2) is 7.23. The molecule has 0 aliphatic carbocycles. The van der Waals surface area contributed by atoms with Gasteiger partial charge in [-0.1, -0.05) is 0 Å². The first-order valence-electron chi connectivity index (χ1n) is 8.34. The van der Waals surface area contributed by atoms with E-state index in [-0.39, 0.29) is 17.9 Å². The number of furan rings is 1. The van der Waals surface area contributed by atoms with Crippen molar-refractivity contribution >= 4 is 22.8 Å². The smallest absolute Gasteiger partial charge is 0.255 e. The number of carbonyl (C=O) groups is 2. The normalized spacial score (nSPS) is 16.1. The van der Waals surface area contributed by atoms with E-state index in [0.29, 0.717) is 23.1 Å². The maximum atomic E-state index is 13.2. The summed E-state index contributed by atoms with van der Waals surface area (Å²) >= 11 is 0. The van der Waals surface area contributed by atoms with Gasteiger partial charge in [-0.2, -0.15) is 0 Å². The molecule has 1 aliphatic heterocycles. The van der Waals surface area contributed by atoms with Gasteiger partial charge in [-0.15, -0.1) is 0 Å². The largest absolute Gasteiger partial charge is 0.463 e. The zero-order valence-corrected chi connectivity index (χ0v) is 14.4. The van der Waals surface area contributed by atoms with Crippen LogP contribution in [0.5, 0.6) is 0 Å². The van der Waals surface area contributed by atoms with Crippen molar-refractivity contribution in [2.24, 2.45) is 0 Å². The molecule has 1 fully saturated rings. The van der Waals surface area contributed by atoms with Crippen molar-refractivity contribution < 1.29 is 18.4 Å². The van der Waals surface area contributed by atoms with Crippen LogP contribution in [0.1, 0.15) is 23.2 Å². The standard InChI is InChI=1S/C18H22FN3O3/c1-21(2)17(23)10-22-7-5-13(6-8-22)20-18(24)15-11-25-16-9-12(19)3-4-14(15)16/h3-4,9,11,13H,5-8,10H2,1-2H3,(H,20,24). The highest BCUT2D eigenvalue weighted by Crippen LogP contribution is 2.22. The topological polar surface area (TPSA) is 65.8 Å². The summed E-state index contributed by atoms with van der Waals surface area (Å²) in [6.45, 7) is 1.94. The number of hydrogen-bond acceptors (Lipinski definition) is 4. The molecule has 7 heteroatoms. The van der Waals surface area contributed by atoms with E-state index in [1.165, 1.54) is 18.4 Å². The molecule has 2 amide bonds. The molecule has 1 aliphatic rings. The zero-order chi connectivity index (χ0) is 18.0. The summed E-state index contributed by atoms with van der Waals surface area (Å²) in [7, 11) is 3.49. The number of hydrogen-bond donors (Lipinski definition) is 1. The molecule has 0 radical (unpaired) electrons. The van der Waals surface area contributed by atoms with Crippen molar-refractivity contribution in [3.8, 4) is 0 Å². The molecule has 0 bridgehead atoms. The minimum Gasteiger partial charge on any atom is -0.463 e. The highest BCUT2D eigenvalue weighted by Gasteiger charge is 2.24. The predicted molar refractivity (Wildman–Crippen MR) is 91.8 cm³/mol. The van der Waals surface area contributed by atoms with Crippen LogP contribution in [-0.2, 0) is 4.79 Å². The summed E-state index contributed by atoms with van der Waals surface area (Å²) in [6.07, 6.45) is 2.94. The van der Waals surface area contributed by atoms with E-state index in [4.69, 9.17) is 4.42 Å². The van der Waals surface area contributed by atoms with Crippen LogP contribution in [-0.4, -0.2) is 61.4 Å². The van der Waals surface area contributed by atoms with Gasteiger partial charge >= 0.3 is 0 Å². The van der Waals surface area contributed by atoms with Gasteiger partial charge in [0.05, 0.1) is 12.1 Å². The second-order valence-corrected chi connectivity index (χ2v) is 6.60. The van der Waals surface area contributed by atoms with Crippen molar-refractivity contribution in [2.45, 2.75) is 18.9 Å². The molecule has 0 unspecified atom stereocenters. The molecule has 3 rings (SSSR count). The number of likely N-dealkylation sites (tertiary alicyclic amines) is 1. The third-order valence-corrected chi connectivity index (χ3v) is 4.56. The van der Waals surface area contributed by atoms with E-state index in [9.17, 15) is 14.0 Å². The SMILES string of the molecule is CN(C)C(=O)CN1CCC(NC(=O)c2coc3cc(F)ccc23)CC1. The van der Waals surface area contributed by atoms with Crippen LogP contribution < -0.4 is 5.32 Å². The molecule has 0 spiro atoms. The molecule has 0 atom stereocenters. The highest BCUT2D eigenvalue weighted by atomic mass is 19.1. The molecular weight excluding hydrogens is 325 g/mol. The number of benzene rings is 1. The molecule has 0 saturated carbocycles. The monoisotopic (exact) mass is 347 g/mol. The van der Waals surface area contributed by atoms with Crippen LogP contribution in [0.3, 0.4) is 0 Å². The lowest BCUT2D eigenvalue weighted by atomic mass is 10.0.